The Kier molecular flexibility index (Phi) is 11.2. The Morgan fingerprint density at radius 1 is 0.793 bits per heavy atom. The molecule has 162 valence electrons. The number of ether oxygens (including phenoxy) is 5. The Labute approximate surface area is 168 Å². The lowest BCUT2D eigenvalue weighted by molar-refractivity contribution is -0.140. The Bertz CT molecular complexity index is 663. The summed E-state index contributed by atoms with van der Waals surface area (Å²) in [5.41, 5.74) is 0.234. The fourth-order valence-electron chi connectivity index (χ4n) is 1.86. The van der Waals surface area contributed by atoms with E-state index in [0.29, 0.717) is 25.4 Å². The lowest BCUT2D eigenvalue weighted by Gasteiger charge is -2.08. The monoisotopic (exact) mass is 414 g/mol. The Balaban J connectivity index is 1.97. The van der Waals surface area contributed by atoms with Crippen molar-refractivity contribution in [1.29, 1.82) is 0 Å². The van der Waals surface area contributed by atoms with Gasteiger partial charge in [-0.2, -0.15) is 0 Å². The first-order chi connectivity index (χ1) is 13.8. The number of benzene rings is 1. The Hall–Kier alpha value is -2.82. The van der Waals surface area contributed by atoms with Crippen LogP contribution in [-0.4, -0.2) is 80.1 Å². The first kappa shape index (κ1) is 24.2. The van der Waals surface area contributed by atoms with Gasteiger partial charge in [0.15, 0.2) is 17.2 Å². The van der Waals surface area contributed by atoms with Gasteiger partial charge in [-0.3, -0.25) is 0 Å². The minimum absolute atomic E-state index is 0.0345. The third kappa shape index (κ3) is 9.79. The van der Waals surface area contributed by atoms with Crippen molar-refractivity contribution in [2.75, 3.05) is 52.9 Å². The van der Waals surface area contributed by atoms with Crippen LogP contribution in [0.2, 0.25) is 0 Å². The highest BCUT2D eigenvalue weighted by atomic mass is 16.6. The van der Waals surface area contributed by atoms with E-state index >= 15 is 0 Å². The molecule has 0 fully saturated rings. The van der Waals surface area contributed by atoms with Crippen molar-refractivity contribution >= 4 is 11.9 Å². The van der Waals surface area contributed by atoms with E-state index in [-0.39, 0.29) is 38.6 Å². The van der Waals surface area contributed by atoms with Crippen molar-refractivity contribution in [2.45, 2.75) is 6.92 Å². The van der Waals surface area contributed by atoms with E-state index in [1.807, 2.05) is 0 Å². The molecule has 0 amide bonds. The number of hydrogen-bond donors (Lipinski definition) is 3. The van der Waals surface area contributed by atoms with Gasteiger partial charge < -0.3 is 39.0 Å². The highest BCUT2D eigenvalue weighted by Crippen LogP contribution is 2.35. The van der Waals surface area contributed by atoms with Crippen molar-refractivity contribution in [1.82, 2.24) is 0 Å². The van der Waals surface area contributed by atoms with Crippen LogP contribution in [0.4, 0.5) is 0 Å². The first-order valence-electron chi connectivity index (χ1n) is 8.80. The molecule has 0 spiro atoms. The summed E-state index contributed by atoms with van der Waals surface area (Å²) in [6.07, 6.45) is 0. The third-order valence-electron chi connectivity index (χ3n) is 3.32. The molecule has 1 aromatic rings. The van der Waals surface area contributed by atoms with E-state index in [9.17, 15) is 24.9 Å². The van der Waals surface area contributed by atoms with Crippen LogP contribution in [0.15, 0.2) is 24.3 Å². The van der Waals surface area contributed by atoms with Crippen LogP contribution < -0.4 is 0 Å². The third-order valence-corrected chi connectivity index (χ3v) is 3.32. The number of aromatic hydroxyl groups is 3. The zero-order chi connectivity index (χ0) is 21.6. The molecule has 0 saturated heterocycles. The SMILES string of the molecule is C=C(C)C(=O)OCCOCCOCCOCCOC(=O)c1cc(O)c(O)c(O)c1. The normalized spacial score (nSPS) is 10.5. The lowest BCUT2D eigenvalue weighted by Crippen LogP contribution is -2.15. The molecule has 29 heavy (non-hydrogen) atoms. The fourth-order valence-corrected chi connectivity index (χ4v) is 1.86. The number of hydrogen-bond acceptors (Lipinski definition) is 10. The first-order valence-corrected chi connectivity index (χ1v) is 8.80. The van der Waals surface area contributed by atoms with Crippen LogP contribution in [0.25, 0.3) is 0 Å². The summed E-state index contributed by atoms with van der Waals surface area (Å²) in [5.74, 6) is -3.18. The van der Waals surface area contributed by atoms with Gasteiger partial charge in [-0.25, -0.2) is 9.59 Å². The van der Waals surface area contributed by atoms with Crippen LogP contribution in [0.1, 0.15) is 17.3 Å². The molecule has 0 atom stereocenters. The quantitative estimate of drug-likeness (QED) is 0.176. The number of carbonyl (C=O) groups excluding carboxylic acids is 2. The van der Waals surface area contributed by atoms with E-state index in [1.54, 1.807) is 6.92 Å². The average molecular weight is 414 g/mol. The van der Waals surface area contributed by atoms with Gasteiger partial charge in [0, 0.05) is 5.57 Å². The van der Waals surface area contributed by atoms with Gasteiger partial charge in [0.2, 0.25) is 0 Å². The number of phenolic OH excluding ortho intramolecular Hbond substituents is 3. The number of esters is 2. The molecular formula is C19H26O10. The predicted octanol–water partition coefficient (Wildman–Crippen LogP) is 1.13. The number of phenols is 3. The molecule has 1 aromatic carbocycles. The minimum atomic E-state index is -0.776. The standard InChI is InChI=1S/C19H26O10/c1-13(2)18(23)28-9-7-26-5-3-25-4-6-27-8-10-29-19(24)14-11-15(20)17(22)16(21)12-14/h11-12,20-22H,1,3-10H2,2H3. The molecule has 0 heterocycles. The number of carbonyl (C=O) groups is 2. The predicted molar refractivity (Wildman–Crippen MR) is 99.9 cm³/mol. The maximum atomic E-state index is 11.8. The largest absolute Gasteiger partial charge is 0.504 e. The van der Waals surface area contributed by atoms with Crippen molar-refractivity contribution in [3.8, 4) is 17.2 Å². The fraction of sp³-hybridized carbons (Fsp3) is 0.474. The summed E-state index contributed by atoms with van der Waals surface area (Å²) < 4.78 is 25.5. The average Bonchev–Trinajstić information content (AvgIpc) is 2.68. The smallest absolute Gasteiger partial charge is 0.338 e. The molecule has 0 saturated carbocycles. The summed E-state index contributed by atoms with van der Waals surface area (Å²) in [5, 5.41) is 27.9. The van der Waals surface area contributed by atoms with Gasteiger partial charge in [0.25, 0.3) is 0 Å². The molecule has 0 aliphatic heterocycles. The molecular weight excluding hydrogens is 388 g/mol. The van der Waals surface area contributed by atoms with E-state index in [2.05, 4.69) is 6.58 Å². The summed E-state index contributed by atoms with van der Waals surface area (Å²) in [6.45, 7) is 6.84. The summed E-state index contributed by atoms with van der Waals surface area (Å²) in [6, 6.07) is 1.97. The van der Waals surface area contributed by atoms with Gasteiger partial charge in [0.1, 0.15) is 13.2 Å². The van der Waals surface area contributed by atoms with Crippen LogP contribution in [-0.2, 0) is 28.5 Å². The van der Waals surface area contributed by atoms with Crippen LogP contribution in [0, 0.1) is 0 Å². The summed E-state index contributed by atoms with van der Waals surface area (Å²) in [7, 11) is 0. The molecule has 0 aliphatic carbocycles. The van der Waals surface area contributed by atoms with Crippen LogP contribution in [0.3, 0.4) is 0 Å². The van der Waals surface area contributed by atoms with E-state index < -0.39 is 29.2 Å². The highest BCUT2D eigenvalue weighted by molar-refractivity contribution is 5.91. The van der Waals surface area contributed by atoms with E-state index in [4.69, 9.17) is 23.7 Å². The van der Waals surface area contributed by atoms with Crippen molar-refractivity contribution in [2.24, 2.45) is 0 Å². The van der Waals surface area contributed by atoms with Crippen molar-refractivity contribution < 1.29 is 48.6 Å². The second kappa shape index (κ2) is 13.4. The molecule has 10 nitrogen and oxygen atoms in total. The van der Waals surface area contributed by atoms with Crippen molar-refractivity contribution in [3.63, 3.8) is 0 Å². The molecule has 0 aliphatic rings. The Morgan fingerprint density at radius 2 is 1.21 bits per heavy atom. The van der Waals surface area contributed by atoms with E-state index in [0.717, 1.165) is 12.1 Å². The van der Waals surface area contributed by atoms with Gasteiger partial charge >= 0.3 is 11.9 Å². The minimum Gasteiger partial charge on any atom is -0.504 e. The van der Waals surface area contributed by atoms with Crippen LogP contribution >= 0.6 is 0 Å². The molecule has 0 unspecified atom stereocenters. The topological polar surface area (TPSA) is 141 Å². The molecule has 0 radical (unpaired) electrons. The highest BCUT2D eigenvalue weighted by Gasteiger charge is 2.14. The van der Waals surface area contributed by atoms with Gasteiger partial charge in [-0.05, 0) is 19.1 Å². The van der Waals surface area contributed by atoms with Gasteiger partial charge in [-0.15, -0.1) is 0 Å². The summed E-state index contributed by atoms with van der Waals surface area (Å²) >= 11 is 0. The lowest BCUT2D eigenvalue weighted by atomic mass is 10.2. The molecule has 0 bridgehead atoms. The number of rotatable bonds is 14. The van der Waals surface area contributed by atoms with E-state index in [1.165, 1.54) is 0 Å². The molecule has 10 heteroatoms. The van der Waals surface area contributed by atoms with Crippen molar-refractivity contribution in [3.05, 3.63) is 29.8 Å². The van der Waals surface area contributed by atoms with Crippen LogP contribution in [0.5, 0.6) is 17.2 Å². The maximum absolute atomic E-state index is 11.8. The molecule has 0 aromatic heterocycles. The zero-order valence-electron chi connectivity index (χ0n) is 16.2. The molecule has 1 rings (SSSR count). The zero-order valence-corrected chi connectivity index (χ0v) is 16.2. The second-order valence-electron chi connectivity index (χ2n) is 5.75. The summed E-state index contributed by atoms with van der Waals surface area (Å²) in [4.78, 5) is 22.9. The maximum Gasteiger partial charge on any atom is 0.338 e. The Morgan fingerprint density at radius 3 is 1.66 bits per heavy atom. The second-order valence-corrected chi connectivity index (χ2v) is 5.75. The molecule has 3 N–H and O–H groups in total. The van der Waals surface area contributed by atoms with Gasteiger partial charge in [-0.1, -0.05) is 6.58 Å². The van der Waals surface area contributed by atoms with Gasteiger partial charge in [0.05, 0.1) is 45.2 Å².